The maximum absolute atomic E-state index is 13.5. The molecular weight excluding hydrogens is 364 g/mol. The van der Waals surface area contributed by atoms with Crippen LogP contribution in [0.3, 0.4) is 0 Å². The van der Waals surface area contributed by atoms with Gasteiger partial charge in [0.05, 0.1) is 17.7 Å². The van der Waals surface area contributed by atoms with Crippen LogP contribution in [0.25, 0.3) is 0 Å². The van der Waals surface area contributed by atoms with Crippen molar-refractivity contribution in [1.82, 2.24) is 9.55 Å². The second-order valence-electron chi connectivity index (χ2n) is 7.05. The lowest BCUT2D eigenvalue weighted by Gasteiger charge is -2.27. The standard InChI is InChI=1S/C23H20N4O2/c1-15-10-20-21(23(28)27(15)14-17-8-5-9-26-13-17)18(19(12-24)22(25)29-20)11-16-6-3-2-4-7-16/h2-10,13,18H,11,14,25H2,1H3/t18-/m0/s1. The van der Waals surface area contributed by atoms with E-state index in [2.05, 4.69) is 11.1 Å². The molecular formula is C23H20N4O2. The molecule has 0 unspecified atom stereocenters. The van der Waals surface area contributed by atoms with Crippen LogP contribution in [0, 0.1) is 18.3 Å². The third-order valence-corrected chi connectivity index (χ3v) is 5.16. The van der Waals surface area contributed by atoms with Gasteiger partial charge in [0.2, 0.25) is 5.88 Å². The van der Waals surface area contributed by atoms with Gasteiger partial charge in [-0.25, -0.2) is 0 Å². The first-order chi connectivity index (χ1) is 14.1. The second-order valence-corrected chi connectivity index (χ2v) is 7.05. The van der Waals surface area contributed by atoms with E-state index in [0.717, 1.165) is 16.8 Å². The van der Waals surface area contributed by atoms with Crippen molar-refractivity contribution >= 4 is 0 Å². The summed E-state index contributed by atoms with van der Waals surface area (Å²) < 4.78 is 7.37. The lowest BCUT2D eigenvalue weighted by molar-refractivity contribution is 0.382. The van der Waals surface area contributed by atoms with Crippen molar-refractivity contribution in [3.05, 3.63) is 105 Å². The fourth-order valence-electron chi connectivity index (χ4n) is 3.71. The molecule has 0 fully saturated rings. The number of benzene rings is 1. The van der Waals surface area contributed by atoms with Gasteiger partial charge < -0.3 is 15.0 Å². The molecule has 2 aromatic heterocycles. The monoisotopic (exact) mass is 384 g/mol. The highest BCUT2D eigenvalue weighted by Gasteiger charge is 2.33. The fourth-order valence-corrected chi connectivity index (χ4v) is 3.71. The Balaban J connectivity index is 1.84. The van der Waals surface area contributed by atoms with E-state index in [0.29, 0.717) is 24.3 Å². The molecule has 0 amide bonds. The van der Waals surface area contributed by atoms with Crippen molar-refractivity contribution in [2.24, 2.45) is 5.73 Å². The van der Waals surface area contributed by atoms with Gasteiger partial charge in [-0.3, -0.25) is 9.78 Å². The van der Waals surface area contributed by atoms with Crippen LogP contribution in [0.1, 0.15) is 28.3 Å². The Morgan fingerprint density at radius 3 is 2.66 bits per heavy atom. The average Bonchev–Trinajstić information content (AvgIpc) is 2.72. The zero-order valence-electron chi connectivity index (χ0n) is 16.0. The van der Waals surface area contributed by atoms with Crippen LogP contribution in [0.2, 0.25) is 0 Å². The van der Waals surface area contributed by atoms with Gasteiger partial charge >= 0.3 is 0 Å². The molecule has 6 nitrogen and oxygen atoms in total. The normalized spacial score (nSPS) is 15.4. The first-order valence-corrected chi connectivity index (χ1v) is 9.33. The second kappa shape index (κ2) is 7.64. The number of nitrogens with zero attached hydrogens (tertiary/aromatic N) is 3. The maximum atomic E-state index is 13.5. The minimum atomic E-state index is -0.459. The van der Waals surface area contributed by atoms with Crippen LogP contribution >= 0.6 is 0 Å². The van der Waals surface area contributed by atoms with Crippen molar-refractivity contribution in [2.45, 2.75) is 25.8 Å². The average molecular weight is 384 g/mol. The first kappa shape index (κ1) is 18.5. The Hall–Kier alpha value is -3.85. The van der Waals surface area contributed by atoms with Gasteiger partial charge in [-0.1, -0.05) is 36.4 Å². The van der Waals surface area contributed by atoms with Crippen LogP contribution < -0.4 is 16.0 Å². The summed E-state index contributed by atoms with van der Waals surface area (Å²) in [5.41, 5.74) is 9.30. The molecule has 3 heterocycles. The lowest BCUT2D eigenvalue weighted by Crippen LogP contribution is -2.33. The van der Waals surface area contributed by atoms with Gasteiger partial charge in [-0.2, -0.15) is 5.26 Å². The number of pyridine rings is 2. The SMILES string of the molecule is Cc1cc2c(c(=O)n1Cc1cccnc1)[C@@H](Cc1ccccc1)C(C#N)=C(N)O2. The van der Waals surface area contributed by atoms with Gasteiger partial charge in [-0.05, 0) is 30.5 Å². The molecule has 144 valence electrons. The molecule has 4 rings (SSSR count). The lowest BCUT2D eigenvalue weighted by atomic mass is 9.85. The van der Waals surface area contributed by atoms with Crippen molar-refractivity contribution in [3.63, 3.8) is 0 Å². The van der Waals surface area contributed by atoms with Gasteiger partial charge in [0.25, 0.3) is 5.56 Å². The van der Waals surface area contributed by atoms with E-state index in [1.807, 2.05) is 55.5 Å². The van der Waals surface area contributed by atoms with Crippen molar-refractivity contribution in [1.29, 1.82) is 5.26 Å². The number of allylic oxidation sites excluding steroid dienone is 1. The summed E-state index contributed by atoms with van der Waals surface area (Å²) in [7, 11) is 0. The molecule has 0 saturated carbocycles. The highest BCUT2D eigenvalue weighted by atomic mass is 16.5. The van der Waals surface area contributed by atoms with E-state index >= 15 is 0 Å². The van der Waals surface area contributed by atoms with E-state index in [-0.39, 0.29) is 17.0 Å². The number of nitrogens with two attached hydrogens (primary N) is 1. The summed E-state index contributed by atoms with van der Waals surface area (Å²) in [5.74, 6) is 0.0245. The predicted octanol–water partition coefficient (Wildman–Crippen LogP) is 3.01. The summed E-state index contributed by atoms with van der Waals surface area (Å²) >= 11 is 0. The largest absolute Gasteiger partial charge is 0.440 e. The van der Waals surface area contributed by atoms with E-state index in [9.17, 15) is 10.1 Å². The molecule has 29 heavy (non-hydrogen) atoms. The zero-order chi connectivity index (χ0) is 20.4. The first-order valence-electron chi connectivity index (χ1n) is 9.33. The summed E-state index contributed by atoms with van der Waals surface area (Å²) in [5, 5.41) is 9.70. The summed E-state index contributed by atoms with van der Waals surface area (Å²) in [6.07, 6.45) is 3.93. The third-order valence-electron chi connectivity index (χ3n) is 5.16. The molecule has 1 aliphatic heterocycles. The Morgan fingerprint density at radius 2 is 1.97 bits per heavy atom. The van der Waals surface area contributed by atoms with Crippen LogP contribution in [-0.4, -0.2) is 9.55 Å². The highest BCUT2D eigenvalue weighted by Crippen LogP contribution is 2.38. The molecule has 0 radical (unpaired) electrons. The highest BCUT2D eigenvalue weighted by molar-refractivity contribution is 5.50. The van der Waals surface area contributed by atoms with Crippen molar-refractivity contribution in [3.8, 4) is 11.8 Å². The van der Waals surface area contributed by atoms with Crippen LogP contribution in [-0.2, 0) is 13.0 Å². The number of hydrogen-bond acceptors (Lipinski definition) is 5. The van der Waals surface area contributed by atoms with E-state index in [1.165, 1.54) is 0 Å². The maximum Gasteiger partial charge on any atom is 0.258 e. The van der Waals surface area contributed by atoms with Crippen molar-refractivity contribution < 1.29 is 4.74 Å². The van der Waals surface area contributed by atoms with Crippen LogP contribution in [0.15, 0.2) is 77.2 Å². The molecule has 1 aliphatic rings. The molecule has 0 aliphatic carbocycles. The number of ether oxygens (including phenoxy) is 1. The number of nitriles is 1. The number of hydrogen-bond donors (Lipinski definition) is 1. The Bertz CT molecular complexity index is 1180. The molecule has 1 aromatic carbocycles. The third kappa shape index (κ3) is 3.50. The van der Waals surface area contributed by atoms with Crippen LogP contribution in [0.4, 0.5) is 0 Å². The Morgan fingerprint density at radius 1 is 1.21 bits per heavy atom. The molecule has 0 bridgehead atoms. The van der Waals surface area contributed by atoms with E-state index in [4.69, 9.17) is 10.5 Å². The molecule has 3 aromatic rings. The molecule has 1 atom stereocenters. The topological polar surface area (TPSA) is 93.9 Å². The molecule has 0 spiro atoms. The molecule has 6 heteroatoms. The summed E-state index contributed by atoms with van der Waals surface area (Å²) in [4.78, 5) is 17.6. The van der Waals surface area contributed by atoms with E-state index in [1.54, 1.807) is 17.0 Å². The fraction of sp³-hybridized carbons (Fsp3) is 0.174. The number of aryl methyl sites for hydroxylation is 1. The van der Waals surface area contributed by atoms with Crippen LogP contribution in [0.5, 0.6) is 5.75 Å². The van der Waals surface area contributed by atoms with Gasteiger partial charge in [0, 0.05) is 30.1 Å². The van der Waals surface area contributed by atoms with Gasteiger partial charge in [-0.15, -0.1) is 0 Å². The van der Waals surface area contributed by atoms with E-state index < -0.39 is 5.92 Å². The number of aromatic nitrogens is 2. The number of rotatable bonds is 4. The van der Waals surface area contributed by atoms with Gasteiger partial charge in [0.1, 0.15) is 11.8 Å². The summed E-state index contributed by atoms with van der Waals surface area (Å²) in [6.45, 7) is 2.25. The quantitative estimate of drug-likeness (QED) is 0.746. The minimum absolute atomic E-state index is 0.0599. The molecule has 0 saturated heterocycles. The Labute approximate surface area is 168 Å². The Kier molecular flexibility index (Phi) is 4.88. The molecule has 2 N–H and O–H groups in total. The predicted molar refractivity (Wildman–Crippen MR) is 109 cm³/mol. The minimum Gasteiger partial charge on any atom is -0.440 e. The van der Waals surface area contributed by atoms with Gasteiger partial charge in [0.15, 0.2) is 0 Å². The van der Waals surface area contributed by atoms with Crippen molar-refractivity contribution in [2.75, 3.05) is 0 Å². The summed E-state index contributed by atoms with van der Waals surface area (Å²) in [6, 6.07) is 17.5. The number of fused-ring (bicyclic) bond motifs is 1. The zero-order valence-corrected chi connectivity index (χ0v) is 16.0. The smallest absolute Gasteiger partial charge is 0.258 e.